The van der Waals surface area contributed by atoms with Crippen molar-refractivity contribution >= 4 is 35.0 Å². The average molecular weight is 496 g/mol. The van der Waals surface area contributed by atoms with Gasteiger partial charge in [-0.1, -0.05) is 35.5 Å². The van der Waals surface area contributed by atoms with Gasteiger partial charge >= 0.3 is 0 Å². The molecular weight excluding hydrogens is 462 g/mol. The summed E-state index contributed by atoms with van der Waals surface area (Å²) >= 11 is 7.72. The Kier molecular flexibility index (Phi) is 8.53. The number of amides is 1. The van der Waals surface area contributed by atoms with Crippen LogP contribution in [0.3, 0.4) is 0 Å². The first kappa shape index (κ1) is 24.7. The minimum Gasteiger partial charge on any atom is -0.395 e. The smallest absolute Gasteiger partial charge is 0.263 e. The fourth-order valence-corrected chi connectivity index (χ4v) is 5.69. The molecule has 11 heteroatoms. The van der Waals surface area contributed by atoms with Gasteiger partial charge in [0.15, 0.2) is 0 Å². The number of para-hydroxylation sites is 1. The van der Waals surface area contributed by atoms with Crippen molar-refractivity contribution in [2.45, 2.75) is 44.3 Å². The van der Waals surface area contributed by atoms with E-state index < -0.39 is 0 Å². The molecule has 3 heterocycles. The Morgan fingerprint density at radius 3 is 2.79 bits per heavy atom. The molecule has 3 aliphatic rings. The van der Waals surface area contributed by atoms with Crippen molar-refractivity contribution in [1.29, 1.82) is 0 Å². The van der Waals surface area contributed by atoms with Crippen LogP contribution < -0.4 is 26.6 Å². The van der Waals surface area contributed by atoms with Crippen LogP contribution in [-0.4, -0.2) is 84.1 Å². The van der Waals surface area contributed by atoms with E-state index in [1.54, 1.807) is 12.3 Å². The third-order valence-corrected chi connectivity index (χ3v) is 7.64. The van der Waals surface area contributed by atoms with Crippen molar-refractivity contribution in [3.63, 3.8) is 0 Å². The molecule has 2 saturated heterocycles. The predicted octanol–water partition coefficient (Wildman–Crippen LogP) is 0.829. The maximum Gasteiger partial charge on any atom is 0.263 e. The van der Waals surface area contributed by atoms with Crippen molar-refractivity contribution in [3.8, 4) is 0 Å². The summed E-state index contributed by atoms with van der Waals surface area (Å²) in [7, 11) is 0. The summed E-state index contributed by atoms with van der Waals surface area (Å²) in [5.74, 6) is -0.168. The second-order valence-electron chi connectivity index (χ2n) is 8.69. The summed E-state index contributed by atoms with van der Waals surface area (Å²) in [5, 5.41) is 26.7. The number of carbonyl (C=O) groups excluding carboxylic acids is 1. The summed E-state index contributed by atoms with van der Waals surface area (Å²) in [6.45, 7) is 8.94. The molecule has 0 radical (unpaired) electrons. The Morgan fingerprint density at radius 2 is 2.06 bits per heavy atom. The van der Waals surface area contributed by atoms with Gasteiger partial charge in [-0.25, -0.2) is 0 Å². The van der Waals surface area contributed by atoms with Gasteiger partial charge in [0, 0.05) is 45.3 Å². The molecule has 1 amide bonds. The van der Waals surface area contributed by atoms with Crippen LogP contribution in [0.2, 0.25) is 5.02 Å². The highest BCUT2D eigenvalue weighted by Crippen LogP contribution is 2.30. The zero-order chi connectivity index (χ0) is 23.4. The number of hydrogen-bond donors (Lipinski definition) is 6. The van der Waals surface area contributed by atoms with E-state index in [9.17, 15) is 4.79 Å². The Bertz CT molecular complexity index is 845. The molecule has 4 rings (SSSR count). The molecule has 3 aliphatic heterocycles. The van der Waals surface area contributed by atoms with E-state index in [4.69, 9.17) is 16.7 Å². The van der Waals surface area contributed by atoms with Gasteiger partial charge in [-0.05, 0) is 25.5 Å². The summed E-state index contributed by atoms with van der Waals surface area (Å²) < 4.78 is 0. The van der Waals surface area contributed by atoms with Crippen LogP contribution in [0.25, 0.3) is 0 Å². The highest BCUT2D eigenvalue weighted by Gasteiger charge is 2.33. The Hall–Kier alpha value is -1.37. The monoisotopic (exact) mass is 495 g/mol. The quantitative estimate of drug-likeness (QED) is 0.328. The molecule has 4 unspecified atom stereocenters. The number of piperazine rings is 1. The standard InChI is InChI=1S/C22H34ClN7O2S/c1-14-4-3-5-16(23)20(14)28-21(32)17-13-24-22(33-17)27-18-12-19(26-15(2)25-18)30-8-6-29(7-9-30)10-11-31/h3-5,13,15,18-19,22,24-27,31H,6-12H2,1-2H3,(H,28,32). The number of hydrogen-bond acceptors (Lipinski definition) is 9. The van der Waals surface area contributed by atoms with E-state index in [-0.39, 0.29) is 36.5 Å². The minimum atomic E-state index is -0.168. The number of carbonyl (C=O) groups is 1. The number of aryl methyl sites for hydroxylation is 1. The van der Waals surface area contributed by atoms with Crippen molar-refractivity contribution in [2.75, 3.05) is 44.6 Å². The summed E-state index contributed by atoms with van der Waals surface area (Å²) in [4.78, 5) is 18.2. The molecule has 1 aromatic rings. The van der Waals surface area contributed by atoms with E-state index in [1.807, 2.05) is 19.1 Å². The first-order valence-corrected chi connectivity index (χ1v) is 12.7. The van der Waals surface area contributed by atoms with Crippen LogP contribution in [0.15, 0.2) is 29.3 Å². The van der Waals surface area contributed by atoms with Crippen LogP contribution in [-0.2, 0) is 4.79 Å². The van der Waals surface area contributed by atoms with Crippen LogP contribution in [0.4, 0.5) is 5.69 Å². The van der Waals surface area contributed by atoms with Gasteiger partial charge in [0.1, 0.15) is 5.50 Å². The Balaban J connectivity index is 1.27. The van der Waals surface area contributed by atoms with Gasteiger partial charge in [-0.3, -0.25) is 30.5 Å². The van der Waals surface area contributed by atoms with Gasteiger partial charge in [0.05, 0.1) is 40.7 Å². The van der Waals surface area contributed by atoms with Crippen LogP contribution >= 0.6 is 23.4 Å². The number of nitrogens with zero attached hydrogens (tertiary/aromatic N) is 2. The molecule has 0 saturated carbocycles. The first-order valence-electron chi connectivity index (χ1n) is 11.5. The molecule has 0 aromatic heterocycles. The highest BCUT2D eigenvalue weighted by atomic mass is 35.5. The van der Waals surface area contributed by atoms with Crippen LogP contribution in [0.5, 0.6) is 0 Å². The van der Waals surface area contributed by atoms with Gasteiger partial charge in [0.2, 0.25) is 0 Å². The third kappa shape index (κ3) is 6.40. The zero-order valence-corrected chi connectivity index (χ0v) is 20.7. The third-order valence-electron chi connectivity index (χ3n) is 6.26. The number of β-amino-alcohol motifs (C(OH)–C–C–N with tert-alkyl or cyclic N) is 1. The lowest BCUT2D eigenvalue weighted by atomic mass is 10.1. The number of aliphatic hydroxyl groups is 1. The molecule has 0 aliphatic carbocycles. The van der Waals surface area contributed by atoms with Crippen LogP contribution in [0, 0.1) is 6.92 Å². The first-order chi connectivity index (χ1) is 15.9. The number of aliphatic hydroxyl groups excluding tert-OH is 1. The predicted molar refractivity (Wildman–Crippen MR) is 134 cm³/mol. The van der Waals surface area contributed by atoms with Crippen molar-refractivity contribution in [3.05, 3.63) is 39.9 Å². The molecule has 182 valence electrons. The molecule has 6 N–H and O–H groups in total. The normalized spacial score (nSPS) is 28.9. The second kappa shape index (κ2) is 11.4. The Labute approximate surface area is 204 Å². The number of benzene rings is 1. The summed E-state index contributed by atoms with van der Waals surface area (Å²) in [5.41, 5.74) is 1.49. The maximum absolute atomic E-state index is 12.8. The van der Waals surface area contributed by atoms with E-state index >= 15 is 0 Å². The number of anilines is 1. The molecule has 0 bridgehead atoms. The van der Waals surface area contributed by atoms with E-state index in [2.05, 4.69) is 43.3 Å². The van der Waals surface area contributed by atoms with Gasteiger partial charge in [0.25, 0.3) is 5.91 Å². The number of thioether (sulfide) groups is 1. The highest BCUT2D eigenvalue weighted by molar-refractivity contribution is 8.04. The molecule has 0 spiro atoms. The zero-order valence-electron chi connectivity index (χ0n) is 19.1. The Morgan fingerprint density at radius 1 is 1.27 bits per heavy atom. The number of halogens is 1. The molecule has 9 nitrogen and oxygen atoms in total. The van der Waals surface area contributed by atoms with Crippen molar-refractivity contribution < 1.29 is 9.90 Å². The lowest BCUT2D eigenvalue weighted by Crippen LogP contribution is -2.68. The van der Waals surface area contributed by atoms with Crippen LogP contribution in [0.1, 0.15) is 18.9 Å². The lowest BCUT2D eigenvalue weighted by Gasteiger charge is -2.45. The molecule has 2 fully saturated rings. The topological polar surface area (TPSA) is 104 Å². The minimum absolute atomic E-state index is 0.0945. The molecule has 33 heavy (non-hydrogen) atoms. The van der Waals surface area contributed by atoms with Gasteiger partial charge < -0.3 is 15.7 Å². The van der Waals surface area contributed by atoms with Crippen molar-refractivity contribution in [1.82, 2.24) is 31.1 Å². The van der Waals surface area contributed by atoms with Gasteiger partial charge in [-0.15, -0.1) is 0 Å². The molecular formula is C22H34ClN7O2S. The summed E-state index contributed by atoms with van der Waals surface area (Å²) in [6.07, 6.45) is 3.21. The molecule has 1 aromatic carbocycles. The second-order valence-corrected chi connectivity index (χ2v) is 10.2. The van der Waals surface area contributed by atoms with E-state index in [0.29, 0.717) is 15.6 Å². The maximum atomic E-state index is 12.8. The SMILES string of the molecule is Cc1cccc(Cl)c1NC(=O)C1=CNC(NC2CC(N3CCN(CCO)CC3)NC(C)N2)S1. The fourth-order valence-electron chi connectivity index (χ4n) is 4.50. The number of nitrogens with one attached hydrogen (secondary N) is 5. The van der Waals surface area contributed by atoms with E-state index in [1.165, 1.54) is 11.8 Å². The average Bonchev–Trinajstić information content (AvgIpc) is 3.25. The largest absolute Gasteiger partial charge is 0.395 e. The summed E-state index contributed by atoms with van der Waals surface area (Å²) in [6, 6.07) is 5.57. The molecule has 4 atom stereocenters. The number of rotatable bonds is 7. The fraction of sp³-hybridized carbons (Fsp3) is 0.591. The lowest BCUT2D eigenvalue weighted by molar-refractivity contribution is -0.112. The van der Waals surface area contributed by atoms with Gasteiger partial charge in [-0.2, -0.15) is 0 Å². The van der Waals surface area contributed by atoms with E-state index in [0.717, 1.165) is 44.7 Å². The van der Waals surface area contributed by atoms with Crippen molar-refractivity contribution in [2.24, 2.45) is 0 Å².